The van der Waals surface area contributed by atoms with E-state index in [-0.39, 0.29) is 11.5 Å². The number of halogens is 1. The van der Waals surface area contributed by atoms with Gasteiger partial charge in [-0.1, -0.05) is 23.7 Å². The molecule has 1 N–H and O–H groups in total. The van der Waals surface area contributed by atoms with Crippen LogP contribution in [0, 0.1) is 0 Å². The maximum Gasteiger partial charge on any atom is 0.343 e. The Bertz CT molecular complexity index is 790. The second kappa shape index (κ2) is 7.34. The number of nitrogens with one attached hydrogen (secondary N) is 1. The minimum absolute atomic E-state index is 0.0443. The zero-order valence-corrected chi connectivity index (χ0v) is 13.7. The number of esters is 1. The van der Waals surface area contributed by atoms with Crippen molar-refractivity contribution < 1.29 is 22.7 Å². The highest BCUT2D eigenvalue weighted by Crippen LogP contribution is 2.24. The number of carbonyl (C=O) groups is 1. The molecule has 0 spiro atoms. The molecule has 0 fully saturated rings. The predicted octanol–water partition coefficient (Wildman–Crippen LogP) is 2.69. The highest BCUT2D eigenvalue weighted by molar-refractivity contribution is 7.92. The summed E-state index contributed by atoms with van der Waals surface area (Å²) < 4.78 is 36.6. The van der Waals surface area contributed by atoms with Gasteiger partial charge in [0.15, 0.2) is 6.61 Å². The van der Waals surface area contributed by atoms with Crippen LogP contribution in [-0.4, -0.2) is 28.1 Å². The molecule has 23 heavy (non-hydrogen) atoms. The Hall–Kier alpha value is -2.25. The number of hydrogen-bond acceptors (Lipinski definition) is 5. The Balaban J connectivity index is 2.11. The molecule has 0 heterocycles. The van der Waals surface area contributed by atoms with Crippen molar-refractivity contribution >= 4 is 33.3 Å². The highest BCUT2D eigenvalue weighted by Gasteiger charge is 2.15. The lowest BCUT2D eigenvalue weighted by atomic mass is 10.3. The fourth-order valence-corrected chi connectivity index (χ4v) is 2.98. The lowest BCUT2D eigenvalue weighted by molar-refractivity contribution is -0.142. The van der Waals surface area contributed by atoms with Crippen LogP contribution in [0.2, 0.25) is 5.02 Å². The number of sulfonamides is 1. The van der Waals surface area contributed by atoms with Gasteiger partial charge in [-0.15, -0.1) is 0 Å². The topological polar surface area (TPSA) is 81.7 Å². The second-order valence-electron chi connectivity index (χ2n) is 4.42. The van der Waals surface area contributed by atoms with Crippen molar-refractivity contribution in [1.29, 1.82) is 0 Å². The van der Waals surface area contributed by atoms with E-state index in [2.05, 4.69) is 9.46 Å². The number of anilines is 1. The minimum atomic E-state index is -3.77. The van der Waals surface area contributed by atoms with E-state index in [9.17, 15) is 13.2 Å². The quantitative estimate of drug-likeness (QED) is 0.806. The molecule has 0 aliphatic rings. The van der Waals surface area contributed by atoms with Crippen LogP contribution in [0.3, 0.4) is 0 Å². The van der Waals surface area contributed by atoms with Crippen molar-refractivity contribution in [1.82, 2.24) is 0 Å². The van der Waals surface area contributed by atoms with E-state index < -0.39 is 16.0 Å². The summed E-state index contributed by atoms with van der Waals surface area (Å²) in [4.78, 5) is 11.0. The Morgan fingerprint density at radius 1 is 1.13 bits per heavy atom. The summed E-state index contributed by atoms with van der Waals surface area (Å²) in [7, 11) is -2.52. The Labute approximate surface area is 139 Å². The van der Waals surface area contributed by atoms with Crippen LogP contribution in [0.1, 0.15) is 0 Å². The lowest BCUT2D eigenvalue weighted by Crippen LogP contribution is -2.14. The third kappa shape index (κ3) is 4.61. The first-order valence-corrected chi connectivity index (χ1v) is 8.35. The maximum atomic E-state index is 12.3. The average Bonchev–Trinajstić information content (AvgIpc) is 2.55. The summed E-state index contributed by atoms with van der Waals surface area (Å²) in [6.45, 7) is -0.250. The monoisotopic (exact) mass is 355 g/mol. The van der Waals surface area contributed by atoms with Gasteiger partial charge in [0.05, 0.1) is 22.7 Å². The van der Waals surface area contributed by atoms with Crippen molar-refractivity contribution in [2.45, 2.75) is 4.90 Å². The molecule has 8 heteroatoms. The SMILES string of the molecule is COC(=O)COc1ccc(S(=O)(=O)Nc2ccccc2Cl)cc1. The predicted molar refractivity (Wildman–Crippen MR) is 86.2 cm³/mol. The van der Waals surface area contributed by atoms with E-state index in [1.165, 1.54) is 31.4 Å². The molecule has 0 saturated heterocycles. The van der Waals surface area contributed by atoms with Gasteiger partial charge in [-0.05, 0) is 36.4 Å². The molecule has 2 aromatic carbocycles. The zero-order valence-electron chi connectivity index (χ0n) is 12.2. The van der Waals surface area contributed by atoms with Gasteiger partial charge < -0.3 is 9.47 Å². The number of rotatable bonds is 6. The van der Waals surface area contributed by atoms with Gasteiger partial charge in [-0.2, -0.15) is 0 Å². The van der Waals surface area contributed by atoms with Gasteiger partial charge in [0.25, 0.3) is 10.0 Å². The summed E-state index contributed by atoms with van der Waals surface area (Å²) in [6.07, 6.45) is 0. The molecule has 2 rings (SSSR count). The first-order chi connectivity index (χ1) is 10.9. The molecule has 0 amide bonds. The molecule has 0 unspecified atom stereocenters. The van der Waals surface area contributed by atoms with Gasteiger partial charge in [0, 0.05) is 0 Å². The van der Waals surface area contributed by atoms with Crippen molar-refractivity contribution in [3.05, 3.63) is 53.6 Å². The minimum Gasteiger partial charge on any atom is -0.482 e. The summed E-state index contributed by atoms with van der Waals surface area (Å²) in [5, 5.41) is 0.300. The standard InChI is InChI=1S/C15H14ClNO5S/c1-21-15(18)10-22-11-6-8-12(9-7-11)23(19,20)17-14-5-3-2-4-13(14)16/h2-9,17H,10H2,1H3. The number of methoxy groups -OCH3 is 1. The molecule has 0 saturated carbocycles. The van der Waals surface area contributed by atoms with E-state index in [1.807, 2.05) is 0 Å². The molecule has 2 aromatic rings. The molecular weight excluding hydrogens is 342 g/mol. The average molecular weight is 356 g/mol. The number of carbonyl (C=O) groups excluding carboxylic acids is 1. The molecule has 6 nitrogen and oxygen atoms in total. The molecule has 0 aromatic heterocycles. The van der Waals surface area contributed by atoms with Crippen molar-refractivity contribution in [2.24, 2.45) is 0 Å². The molecule has 122 valence electrons. The normalized spacial score (nSPS) is 10.9. The smallest absolute Gasteiger partial charge is 0.343 e. The van der Waals surface area contributed by atoms with E-state index >= 15 is 0 Å². The number of benzene rings is 2. The molecular formula is C15H14ClNO5S. The van der Waals surface area contributed by atoms with E-state index in [0.29, 0.717) is 16.5 Å². The van der Waals surface area contributed by atoms with E-state index in [1.54, 1.807) is 24.3 Å². The number of ether oxygens (including phenoxy) is 2. The first kappa shape index (κ1) is 17.1. The van der Waals surface area contributed by atoms with Gasteiger partial charge in [-0.25, -0.2) is 13.2 Å². The molecule has 0 radical (unpaired) electrons. The van der Waals surface area contributed by atoms with Crippen LogP contribution >= 0.6 is 11.6 Å². The third-order valence-electron chi connectivity index (χ3n) is 2.84. The van der Waals surface area contributed by atoms with Crippen molar-refractivity contribution in [3.8, 4) is 5.75 Å². The van der Waals surface area contributed by atoms with Crippen LogP contribution < -0.4 is 9.46 Å². The highest BCUT2D eigenvalue weighted by atomic mass is 35.5. The van der Waals surface area contributed by atoms with Crippen molar-refractivity contribution in [2.75, 3.05) is 18.4 Å². The van der Waals surface area contributed by atoms with Crippen LogP contribution in [-0.2, 0) is 19.6 Å². The van der Waals surface area contributed by atoms with Crippen LogP contribution in [0.4, 0.5) is 5.69 Å². The van der Waals surface area contributed by atoms with E-state index in [0.717, 1.165) is 0 Å². The fourth-order valence-electron chi connectivity index (χ4n) is 1.66. The van der Waals surface area contributed by atoms with Gasteiger partial charge in [0.1, 0.15) is 5.75 Å². The molecule has 0 bridgehead atoms. The van der Waals surface area contributed by atoms with Gasteiger partial charge in [0.2, 0.25) is 0 Å². The van der Waals surface area contributed by atoms with E-state index in [4.69, 9.17) is 16.3 Å². The summed E-state index contributed by atoms with van der Waals surface area (Å²) in [6, 6.07) is 12.2. The lowest BCUT2D eigenvalue weighted by Gasteiger charge is -2.10. The fraction of sp³-hybridized carbons (Fsp3) is 0.133. The van der Waals surface area contributed by atoms with Crippen LogP contribution in [0.5, 0.6) is 5.75 Å². The molecule has 0 aliphatic carbocycles. The Morgan fingerprint density at radius 2 is 1.78 bits per heavy atom. The first-order valence-electron chi connectivity index (χ1n) is 6.49. The van der Waals surface area contributed by atoms with Crippen molar-refractivity contribution in [3.63, 3.8) is 0 Å². The Morgan fingerprint density at radius 3 is 2.39 bits per heavy atom. The largest absolute Gasteiger partial charge is 0.482 e. The number of para-hydroxylation sites is 1. The summed E-state index contributed by atoms with van der Waals surface area (Å²) in [5.41, 5.74) is 0.292. The zero-order chi connectivity index (χ0) is 16.9. The second-order valence-corrected chi connectivity index (χ2v) is 6.51. The number of hydrogen-bond donors (Lipinski definition) is 1. The van der Waals surface area contributed by atoms with Crippen LogP contribution in [0.25, 0.3) is 0 Å². The molecule has 0 atom stereocenters. The summed E-state index contributed by atoms with van der Waals surface area (Å²) in [5.74, 6) is -0.172. The van der Waals surface area contributed by atoms with Gasteiger partial charge in [-0.3, -0.25) is 4.72 Å². The van der Waals surface area contributed by atoms with Crippen LogP contribution in [0.15, 0.2) is 53.4 Å². The van der Waals surface area contributed by atoms with Gasteiger partial charge >= 0.3 is 5.97 Å². The third-order valence-corrected chi connectivity index (χ3v) is 4.55. The summed E-state index contributed by atoms with van der Waals surface area (Å²) >= 11 is 5.94. The Kier molecular flexibility index (Phi) is 5.46. The molecule has 0 aliphatic heterocycles. The maximum absolute atomic E-state index is 12.3.